The van der Waals surface area contributed by atoms with Crippen LogP contribution in [-0.4, -0.2) is 18.1 Å². The van der Waals surface area contributed by atoms with Gasteiger partial charge in [-0.1, -0.05) is 6.07 Å². The summed E-state index contributed by atoms with van der Waals surface area (Å²) in [6.45, 7) is 0. The fourth-order valence-electron chi connectivity index (χ4n) is 1.89. The topological polar surface area (TPSA) is 90.3 Å². The van der Waals surface area contributed by atoms with Gasteiger partial charge in [0.15, 0.2) is 0 Å². The maximum Gasteiger partial charge on any atom is 0.335 e. The number of nitrogen functional groups attached to an aromatic ring is 1. The number of carboxylic acids is 1. The number of hydrogen-bond donors (Lipinski definition) is 2. The van der Waals surface area contributed by atoms with E-state index >= 15 is 0 Å². The molecule has 5 nitrogen and oxygen atoms in total. The number of carbonyl (C=O) groups is 1. The zero-order valence-corrected chi connectivity index (χ0v) is 10.9. The second kappa shape index (κ2) is 5.33. The number of anilines is 3. The average Bonchev–Trinajstić information content (AvgIpc) is 2.46. The van der Waals surface area contributed by atoms with Crippen molar-refractivity contribution >= 4 is 23.0 Å². The summed E-state index contributed by atoms with van der Waals surface area (Å²) in [5.74, 6) is -1.01. The van der Waals surface area contributed by atoms with Gasteiger partial charge >= 0.3 is 5.97 Å². The monoisotopic (exact) mass is 267 g/mol. The number of nitrogens with zero attached hydrogens (tertiary/aromatic N) is 2. The molecule has 0 aromatic heterocycles. The maximum atomic E-state index is 11.0. The Balaban J connectivity index is 2.47. The molecule has 0 heterocycles. The van der Waals surface area contributed by atoms with E-state index in [1.165, 1.54) is 12.1 Å². The first-order valence-corrected chi connectivity index (χ1v) is 5.89. The van der Waals surface area contributed by atoms with Gasteiger partial charge in [-0.05, 0) is 36.4 Å². The average molecular weight is 267 g/mol. The van der Waals surface area contributed by atoms with Gasteiger partial charge in [0, 0.05) is 12.7 Å². The van der Waals surface area contributed by atoms with E-state index in [0.717, 1.165) is 5.69 Å². The number of nitriles is 1. The predicted octanol–water partition coefficient (Wildman–Crippen LogP) is 2.61. The van der Waals surface area contributed by atoms with E-state index in [4.69, 9.17) is 16.1 Å². The first-order chi connectivity index (χ1) is 9.52. The molecule has 20 heavy (non-hydrogen) atoms. The van der Waals surface area contributed by atoms with E-state index in [0.29, 0.717) is 16.9 Å². The lowest BCUT2D eigenvalue weighted by Crippen LogP contribution is -2.13. The van der Waals surface area contributed by atoms with E-state index in [-0.39, 0.29) is 5.56 Å². The lowest BCUT2D eigenvalue weighted by molar-refractivity contribution is 0.0697. The van der Waals surface area contributed by atoms with Crippen LogP contribution in [0.1, 0.15) is 15.9 Å². The third kappa shape index (κ3) is 2.54. The lowest BCUT2D eigenvalue weighted by Gasteiger charge is -2.21. The van der Waals surface area contributed by atoms with Gasteiger partial charge in [-0.3, -0.25) is 0 Å². The molecule has 5 heteroatoms. The predicted molar refractivity (Wildman–Crippen MR) is 77.0 cm³/mol. The van der Waals surface area contributed by atoms with Gasteiger partial charge in [0.05, 0.1) is 28.6 Å². The Morgan fingerprint density at radius 3 is 2.70 bits per heavy atom. The molecule has 2 aromatic carbocycles. The van der Waals surface area contributed by atoms with Crippen LogP contribution >= 0.6 is 0 Å². The highest BCUT2D eigenvalue weighted by atomic mass is 16.4. The number of benzene rings is 2. The highest BCUT2D eigenvalue weighted by Crippen LogP contribution is 2.30. The van der Waals surface area contributed by atoms with Crippen LogP contribution in [0, 0.1) is 11.3 Å². The van der Waals surface area contributed by atoms with Gasteiger partial charge < -0.3 is 15.7 Å². The van der Waals surface area contributed by atoms with Crippen molar-refractivity contribution in [1.82, 2.24) is 0 Å². The van der Waals surface area contributed by atoms with Gasteiger partial charge in [0.1, 0.15) is 0 Å². The van der Waals surface area contributed by atoms with Gasteiger partial charge in [-0.2, -0.15) is 5.26 Å². The molecule has 0 spiro atoms. The van der Waals surface area contributed by atoms with Crippen molar-refractivity contribution in [3.05, 3.63) is 53.6 Å². The van der Waals surface area contributed by atoms with E-state index in [1.807, 2.05) is 6.07 Å². The van der Waals surface area contributed by atoms with Crippen molar-refractivity contribution in [2.75, 3.05) is 17.7 Å². The van der Waals surface area contributed by atoms with Crippen LogP contribution in [0.2, 0.25) is 0 Å². The Bertz CT molecular complexity index is 705. The molecule has 0 fully saturated rings. The number of nitrogens with two attached hydrogens (primary N) is 1. The van der Waals surface area contributed by atoms with Gasteiger partial charge in [-0.25, -0.2) is 4.79 Å². The number of carboxylic acid groups (broad SMARTS) is 1. The Morgan fingerprint density at radius 1 is 1.30 bits per heavy atom. The summed E-state index contributed by atoms with van der Waals surface area (Å²) < 4.78 is 0. The highest BCUT2D eigenvalue weighted by molar-refractivity contribution is 5.91. The largest absolute Gasteiger partial charge is 0.478 e. The molecule has 0 aliphatic heterocycles. The molecule has 0 radical (unpaired) electrons. The van der Waals surface area contributed by atoms with Crippen LogP contribution in [-0.2, 0) is 0 Å². The number of rotatable bonds is 3. The molecule has 0 bridgehead atoms. The standard InChI is InChI=1S/C15H13N3O2/c1-18(12-4-2-3-10(7-12)9-16)14-8-11(15(19)20)5-6-13(14)17/h2-8H,17H2,1H3,(H,19,20). The van der Waals surface area contributed by atoms with Crippen molar-refractivity contribution in [1.29, 1.82) is 5.26 Å². The molecular weight excluding hydrogens is 254 g/mol. The molecule has 0 amide bonds. The number of aromatic carboxylic acids is 1. The Labute approximate surface area is 116 Å². The Hall–Kier alpha value is -3.00. The second-order valence-corrected chi connectivity index (χ2v) is 4.30. The molecule has 3 N–H and O–H groups in total. The molecule has 0 aliphatic rings. The Kier molecular flexibility index (Phi) is 3.58. The lowest BCUT2D eigenvalue weighted by atomic mass is 10.1. The van der Waals surface area contributed by atoms with Crippen LogP contribution < -0.4 is 10.6 Å². The van der Waals surface area contributed by atoms with Crippen molar-refractivity contribution in [3.63, 3.8) is 0 Å². The zero-order valence-electron chi connectivity index (χ0n) is 10.9. The minimum Gasteiger partial charge on any atom is -0.478 e. The maximum absolute atomic E-state index is 11.0. The summed E-state index contributed by atoms with van der Waals surface area (Å²) in [6, 6.07) is 13.6. The molecule has 0 aliphatic carbocycles. The molecule has 0 saturated carbocycles. The van der Waals surface area contributed by atoms with Crippen LogP contribution in [0.25, 0.3) is 0 Å². The molecule has 100 valence electrons. The summed E-state index contributed by atoms with van der Waals surface area (Å²) in [4.78, 5) is 12.8. The van der Waals surface area contributed by atoms with Crippen LogP contribution in [0.4, 0.5) is 17.1 Å². The van der Waals surface area contributed by atoms with Crippen molar-refractivity contribution < 1.29 is 9.90 Å². The SMILES string of the molecule is CN(c1cccc(C#N)c1)c1cc(C(=O)O)ccc1N. The first-order valence-electron chi connectivity index (χ1n) is 5.89. The van der Waals surface area contributed by atoms with E-state index < -0.39 is 5.97 Å². The van der Waals surface area contributed by atoms with Gasteiger partial charge in [0.25, 0.3) is 0 Å². The van der Waals surface area contributed by atoms with Crippen molar-refractivity contribution in [2.24, 2.45) is 0 Å². The first kappa shape index (κ1) is 13.4. The van der Waals surface area contributed by atoms with Crippen molar-refractivity contribution in [3.8, 4) is 6.07 Å². The normalized spacial score (nSPS) is 9.80. The third-order valence-corrected chi connectivity index (χ3v) is 3.00. The summed E-state index contributed by atoms with van der Waals surface area (Å²) in [5, 5.41) is 17.9. The van der Waals surface area contributed by atoms with E-state index in [9.17, 15) is 4.79 Å². The van der Waals surface area contributed by atoms with Crippen LogP contribution in [0.15, 0.2) is 42.5 Å². The summed E-state index contributed by atoms with van der Waals surface area (Å²) in [5.41, 5.74) is 8.41. The molecule has 2 aromatic rings. The summed E-state index contributed by atoms with van der Waals surface area (Å²) >= 11 is 0. The van der Waals surface area contributed by atoms with Crippen LogP contribution in [0.3, 0.4) is 0 Å². The summed E-state index contributed by atoms with van der Waals surface area (Å²) in [6.07, 6.45) is 0. The molecule has 0 unspecified atom stereocenters. The Morgan fingerprint density at radius 2 is 2.05 bits per heavy atom. The quantitative estimate of drug-likeness (QED) is 0.834. The highest BCUT2D eigenvalue weighted by Gasteiger charge is 2.12. The smallest absolute Gasteiger partial charge is 0.335 e. The molecule has 0 saturated heterocycles. The minimum atomic E-state index is -1.01. The zero-order chi connectivity index (χ0) is 14.7. The fraction of sp³-hybridized carbons (Fsp3) is 0.0667. The van der Waals surface area contributed by atoms with Crippen molar-refractivity contribution in [2.45, 2.75) is 0 Å². The molecule has 2 rings (SSSR count). The van der Waals surface area contributed by atoms with Gasteiger partial charge in [-0.15, -0.1) is 0 Å². The van der Waals surface area contributed by atoms with E-state index in [1.54, 1.807) is 36.2 Å². The second-order valence-electron chi connectivity index (χ2n) is 4.30. The molecular formula is C15H13N3O2. The summed E-state index contributed by atoms with van der Waals surface area (Å²) in [7, 11) is 1.77. The minimum absolute atomic E-state index is 0.164. The number of hydrogen-bond acceptors (Lipinski definition) is 4. The fourth-order valence-corrected chi connectivity index (χ4v) is 1.89. The van der Waals surface area contributed by atoms with Gasteiger partial charge in [0.2, 0.25) is 0 Å². The van der Waals surface area contributed by atoms with E-state index in [2.05, 4.69) is 6.07 Å². The molecule has 0 atom stereocenters. The van der Waals surface area contributed by atoms with Crippen LogP contribution in [0.5, 0.6) is 0 Å². The third-order valence-electron chi connectivity index (χ3n) is 3.00.